The summed E-state index contributed by atoms with van der Waals surface area (Å²) in [6.07, 6.45) is 1.97. The molecule has 0 fully saturated rings. The van der Waals surface area contributed by atoms with Crippen LogP contribution in [0.4, 0.5) is 5.69 Å². The highest BCUT2D eigenvalue weighted by molar-refractivity contribution is 7.98. The van der Waals surface area contributed by atoms with E-state index in [4.69, 9.17) is 0 Å². The summed E-state index contributed by atoms with van der Waals surface area (Å²) >= 11 is 1.82. The van der Waals surface area contributed by atoms with Crippen LogP contribution in [0, 0.1) is 13.8 Å². The highest BCUT2D eigenvalue weighted by Crippen LogP contribution is 2.26. The molecule has 0 atom stereocenters. The van der Waals surface area contributed by atoms with Gasteiger partial charge >= 0.3 is 0 Å². The van der Waals surface area contributed by atoms with Crippen LogP contribution in [0.25, 0.3) is 0 Å². The van der Waals surface area contributed by atoms with Gasteiger partial charge in [0.15, 0.2) is 0 Å². The summed E-state index contributed by atoms with van der Waals surface area (Å²) in [4.78, 5) is 12.3. The Hall–Kier alpha value is -1.99. The summed E-state index contributed by atoms with van der Waals surface area (Å²) in [5.74, 6) is 1.59. The maximum Gasteiger partial charge on any atom is 0.240 e. The average Bonchev–Trinajstić information content (AvgIpc) is 2.63. The molecule has 0 saturated carbocycles. The molecule has 2 aromatic rings. The van der Waals surface area contributed by atoms with Crippen molar-refractivity contribution in [1.82, 2.24) is 5.32 Å². The molecule has 0 saturated heterocycles. The van der Waals surface area contributed by atoms with E-state index in [1.807, 2.05) is 62.0 Å². The van der Waals surface area contributed by atoms with Crippen LogP contribution in [0.3, 0.4) is 0 Å². The van der Waals surface area contributed by atoms with Crippen molar-refractivity contribution in [2.75, 3.05) is 29.4 Å². The van der Waals surface area contributed by atoms with E-state index in [1.165, 1.54) is 9.87 Å². The van der Waals surface area contributed by atoms with Crippen molar-refractivity contribution in [3.63, 3.8) is 0 Å². The first kappa shape index (κ1) is 22.3. The molecule has 0 aromatic heterocycles. The Balaban J connectivity index is 1.82. The van der Waals surface area contributed by atoms with Crippen molar-refractivity contribution in [2.45, 2.75) is 26.0 Å². The fourth-order valence-electron chi connectivity index (χ4n) is 2.91. The minimum atomic E-state index is -3.56. The first-order valence-electron chi connectivity index (χ1n) is 9.21. The Morgan fingerprint density at radius 1 is 1.04 bits per heavy atom. The van der Waals surface area contributed by atoms with Crippen LogP contribution >= 0.6 is 11.8 Å². The number of nitrogens with one attached hydrogen (secondary N) is 1. The number of carbonyl (C=O) groups is 1. The summed E-state index contributed by atoms with van der Waals surface area (Å²) in [7, 11) is -3.56. The molecule has 0 aliphatic carbocycles. The molecule has 28 heavy (non-hydrogen) atoms. The summed E-state index contributed by atoms with van der Waals surface area (Å²) in [5, 5.41) is 2.83. The average molecular weight is 421 g/mol. The summed E-state index contributed by atoms with van der Waals surface area (Å²) in [6.45, 7) is 4.03. The van der Waals surface area contributed by atoms with Crippen molar-refractivity contribution in [1.29, 1.82) is 0 Å². The summed E-state index contributed by atoms with van der Waals surface area (Å²) < 4.78 is 25.7. The van der Waals surface area contributed by atoms with Crippen LogP contribution < -0.4 is 9.62 Å². The lowest BCUT2D eigenvalue weighted by Gasteiger charge is -2.25. The van der Waals surface area contributed by atoms with E-state index in [1.54, 1.807) is 0 Å². The topological polar surface area (TPSA) is 66.5 Å². The van der Waals surface area contributed by atoms with Crippen LogP contribution in [0.2, 0.25) is 0 Å². The van der Waals surface area contributed by atoms with Crippen molar-refractivity contribution in [2.24, 2.45) is 0 Å². The van der Waals surface area contributed by atoms with Gasteiger partial charge in [-0.15, -0.1) is 0 Å². The van der Waals surface area contributed by atoms with Crippen molar-refractivity contribution >= 4 is 33.4 Å². The van der Waals surface area contributed by atoms with Gasteiger partial charge < -0.3 is 5.32 Å². The predicted molar refractivity (Wildman–Crippen MR) is 118 cm³/mol. The second-order valence-corrected chi connectivity index (χ2v) is 9.76. The molecule has 0 aliphatic heterocycles. The number of hydrogen-bond donors (Lipinski definition) is 1. The van der Waals surface area contributed by atoms with E-state index in [0.29, 0.717) is 12.2 Å². The zero-order valence-electron chi connectivity index (χ0n) is 16.6. The number of thioether (sulfide) groups is 1. The number of rotatable bonds is 10. The molecule has 0 radical (unpaired) electrons. The quantitative estimate of drug-likeness (QED) is 0.598. The molecule has 0 unspecified atom stereocenters. The monoisotopic (exact) mass is 420 g/mol. The third kappa shape index (κ3) is 6.87. The molecule has 5 nitrogen and oxygen atoms in total. The maximum atomic E-state index is 12.3. The molecular weight excluding hydrogens is 392 g/mol. The summed E-state index contributed by atoms with van der Waals surface area (Å²) in [6, 6.07) is 15.8. The number of para-hydroxylation sites is 1. The van der Waals surface area contributed by atoms with Gasteiger partial charge in [0.05, 0.1) is 11.9 Å². The number of benzene rings is 2. The number of sulfonamides is 1. The van der Waals surface area contributed by atoms with Crippen molar-refractivity contribution in [3.8, 4) is 0 Å². The Bertz CT molecular complexity index is 864. The molecular formula is C21H28N2O3S2. The van der Waals surface area contributed by atoms with Crippen LogP contribution in [-0.4, -0.2) is 39.4 Å². The number of hydrogen-bond acceptors (Lipinski definition) is 4. The Morgan fingerprint density at radius 3 is 2.29 bits per heavy atom. The van der Waals surface area contributed by atoms with Gasteiger partial charge in [-0.3, -0.25) is 9.10 Å². The zero-order chi connectivity index (χ0) is 20.6. The molecule has 0 spiro atoms. The number of aryl methyl sites for hydroxylation is 2. The van der Waals surface area contributed by atoms with E-state index < -0.39 is 10.0 Å². The van der Waals surface area contributed by atoms with Gasteiger partial charge in [0.2, 0.25) is 15.9 Å². The lowest BCUT2D eigenvalue weighted by atomic mass is 10.1. The number of anilines is 1. The normalized spacial score (nSPS) is 11.2. The van der Waals surface area contributed by atoms with Crippen LogP contribution in [0.5, 0.6) is 0 Å². The zero-order valence-corrected chi connectivity index (χ0v) is 18.3. The molecule has 0 heterocycles. The Labute approximate surface area is 172 Å². The van der Waals surface area contributed by atoms with Crippen LogP contribution in [0.1, 0.15) is 23.1 Å². The van der Waals surface area contributed by atoms with E-state index in [9.17, 15) is 13.2 Å². The molecule has 1 amide bonds. The highest BCUT2D eigenvalue weighted by atomic mass is 32.2. The number of nitrogens with zero attached hydrogens (tertiary/aromatic N) is 1. The first-order valence-corrected chi connectivity index (χ1v) is 12.2. The third-order valence-electron chi connectivity index (χ3n) is 4.28. The van der Waals surface area contributed by atoms with Crippen molar-refractivity contribution < 1.29 is 13.2 Å². The standard InChI is InChI=1S/C21H28N2O3S2/c1-17-9-7-10-18(2)21(17)23(28(3,25)26)15-20(24)22-13-8-14-27-16-19-11-5-4-6-12-19/h4-7,9-12H,8,13-16H2,1-3H3,(H,22,24). The predicted octanol–water partition coefficient (Wildman–Crippen LogP) is 3.51. The second-order valence-electron chi connectivity index (χ2n) is 6.75. The van der Waals surface area contributed by atoms with Gasteiger partial charge in [0.1, 0.15) is 6.54 Å². The minimum absolute atomic E-state index is 0.207. The first-order chi connectivity index (χ1) is 13.3. The number of amides is 1. The van der Waals surface area contributed by atoms with Gasteiger partial charge in [-0.05, 0) is 42.7 Å². The molecule has 1 N–H and O–H groups in total. The SMILES string of the molecule is Cc1cccc(C)c1N(CC(=O)NCCCSCc1ccccc1)S(C)(=O)=O. The van der Waals surface area contributed by atoms with Crippen molar-refractivity contribution in [3.05, 3.63) is 65.2 Å². The van der Waals surface area contributed by atoms with E-state index >= 15 is 0 Å². The minimum Gasteiger partial charge on any atom is -0.354 e. The second kappa shape index (κ2) is 10.5. The Kier molecular flexibility index (Phi) is 8.38. The lowest BCUT2D eigenvalue weighted by molar-refractivity contribution is -0.119. The van der Waals surface area contributed by atoms with Crippen LogP contribution in [0.15, 0.2) is 48.5 Å². The van der Waals surface area contributed by atoms with Gasteiger partial charge in [-0.25, -0.2) is 8.42 Å². The largest absolute Gasteiger partial charge is 0.354 e. The molecule has 2 aromatic carbocycles. The maximum absolute atomic E-state index is 12.3. The van der Waals surface area contributed by atoms with E-state index in [0.717, 1.165) is 35.3 Å². The van der Waals surface area contributed by atoms with E-state index in [2.05, 4.69) is 17.4 Å². The van der Waals surface area contributed by atoms with E-state index in [-0.39, 0.29) is 12.5 Å². The highest BCUT2D eigenvalue weighted by Gasteiger charge is 2.23. The van der Waals surface area contributed by atoms with Gasteiger partial charge in [-0.1, -0.05) is 48.5 Å². The van der Waals surface area contributed by atoms with Gasteiger partial charge in [-0.2, -0.15) is 11.8 Å². The lowest BCUT2D eigenvalue weighted by Crippen LogP contribution is -2.41. The molecule has 7 heteroatoms. The fraction of sp³-hybridized carbons (Fsp3) is 0.381. The summed E-state index contributed by atoms with van der Waals surface area (Å²) in [5.41, 5.74) is 3.53. The molecule has 2 rings (SSSR count). The van der Waals surface area contributed by atoms with Gasteiger partial charge in [0, 0.05) is 12.3 Å². The fourth-order valence-corrected chi connectivity index (χ4v) is 4.81. The van der Waals surface area contributed by atoms with Crippen LogP contribution in [-0.2, 0) is 20.6 Å². The molecule has 0 aliphatic rings. The smallest absolute Gasteiger partial charge is 0.240 e. The van der Waals surface area contributed by atoms with Gasteiger partial charge in [0.25, 0.3) is 0 Å². The Morgan fingerprint density at radius 2 is 1.68 bits per heavy atom. The third-order valence-corrected chi connectivity index (χ3v) is 6.50. The molecule has 152 valence electrons. The number of carbonyl (C=O) groups excluding carboxylic acids is 1. The molecule has 0 bridgehead atoms.